The van der Waals surface area contributed by atoms with Gasteiger partial charge in [0.15, 0.2) is 0 Å². The van der Waals surface area contributed by atoms with Crippen molar-refractivity contribution in [3.05, 3.63) is 0 Å². The van der Waals surface area contributed by atoms with Crippen LogP contribution in [-0.4, -0.2) is 203 Å². The Hall–Kier alpha value is 5.97. The Morgan fingerprint density at radius 3 is 0.0588 bits per heavy atom. The molecule has 40 nitrogen and oxygen atoms in total. The smallest absolute Gasteiger partial charge is 0 e. The molecule has 0 aromatic carbocycles. The van der Waals surface area contributed by atoms with Crippen molar-refractivity contribution < 1.29 is 451 Å². The fourth-order valence-corrected chi connectivity index (χ4v) is 0. The van der Waals surface area contributed by atoms with Crippen LogP contribution in [0.1, 0.15) is 0 Å². The predicted molar refractivity (Wildman–Crippen MR) is 148 cm³/mol. The van der Waals surface area contributed by atoms with Gasteiger partial charge in [-0.1, -0.05) is 0 Å². The van der Waals surface area contributed by atoms with E-state index in [2.05, 4.69) is 0 Å². The Balaban J connectivity index is 0. The third-order valence-electron chi connectivity index (χ3n) is 0. The van der Waals surface area contributed by atoms with Gasteiger partial charge in [-0.15, -0.1) is 0 Å². The summed E-state index contributed by atoms with van der Waals surface area (Å²) in [5.41, 5.74) is 0. The molecule has 51 heteroatoms. The third-order valence-corrected chi connectivity index (χ3v) is 0. The first kappa shape index (κ1) is 5010. The molecular weight excluding hydrogens is 2660 g/mol. The minimum absolute atomic E-state index is 0. The number of hydrogen-bond acceptors (Lipinski definition) is 0. The van der Waals surface area contributed by atoms with Gasteiger partial charge in [-0.05, 0) is 0 Å². The monoisotopic (exact) mass is 2750 g/mol. The molecule has 0 unspecified atom stereocenters. The van der Waals surface area contributed by atoms with E-state index in [9.17, 15) is 0 Å². The fraction of sp³-hybridized carbons (Fsp3) is 0. The van der Waals surface area contributed by atoms with Crippen LogP contribution in [0.3, 0.4) is 0 Å². The molecule has 0 atom stereocenters. The zero-order valence-electron chi connectivity index (χ0n) is 24.7. The Morgan fingerprint density at radius 1 is 0.0588 bits per heavy atom. The maximum absolute atomic E-state index is 0. The normalized spacial score (nSPS) is 0. The standard InChI is InChI=1S/40H2O.11W/h40*1H2;;;;;;;;;;;/p+3. The van der Waals surface area contributed by atoms with Crippen LogP contribution in [0.25, 0.3) is 0 Å². The second kappa shape index (κ2) is 4740. The summed E-state index contributed by atoms with van der Waals surface area (Å²) in [6.45, 7) is 0. The topological polar surface area (TPSA) is 1260 Å². The van der Waals surface area contributed by atoms with Crippen LogP contribution in [0.5, 0.6) is 0 Å². The van der Waals surface area contributed by atoms with Crippen LogP contribution in [0.15, 0.2) is 0 Å². The molecule has 0 rings (SSSR count). The average molecular weight is 2750 g/mol. The molecule has 0 spiro atoms. The van der Waals surface area contributed by atoms with E-state index in [1.54, 1.807) is 0 Å². The summed E-state index contributed by atoms with van der Waals surface area (Å²) in [4.78, 5) is 0. The summed E-state index contributed by atoms with van der Waals surface area (Å²) >= 11 is 0. The van der Waals surface area contributed by atoms with Crippen molar-refractivity contribution in [2.24, 2.45) is 0 Å². The average Bonchev–Trinajstić information content (AvgIpc) is 0. The van der Waals surface area contributed by atoms with Crippen molar-refractivity contribution in [1.82, 2.24) is 0 Å². The van der Waals surface area contributed by atoms with Crippen LogP contribution in [-0.2, 0) is 248 Å². The van der Waals surface area contributed by atoms with Gasteiger partial charge < -0.3 is 219 Å². The molecule has 0 saturated carbocycles. The molecule has 0 aliphatic heterocycles. The van der Waals surface area contributed by atoms with Gasteiger partial charge in [0, 0.05) is 232 Å². The Bertz CT molecular complexity index is 38.4. The van der Waals surface area contributed by atoms with Crippen LogP contribution >= 0.6 is 0 Å². The number of hydrogen-bond donors (Lipinski definition) is 0. The molecule has 51 heavy (non-hydrogen) atoms. The van der Waals surface area contributed by atoms with Gasteiger partial charge in [0.05, 0.1) is 0 Å². The molecule has 386 valence electrons. The van der Waals surface area contributed by atoms with Crippen molar-refractivity contribution in [2.45, 2.75) is 0 Å². The molecule has 0 amide bonds. The molecule has 0 bridgehead atoms. The summed E-state index contributed by atoms with van der Waals surface area (Å²) in [6, 6.07) is 0. The van der Waals surface area contributed by atoms with Crippen molar-refractivity contribution in [1.29, 1.82) is 0 Å². The van der Waals surface area contributed by atoms with E-state index in [1.807, 2.05) is 0 Å². The van der Waals surface area contributed by atoms with E-state index in [4.69, 9.17) is 0 Å². The van der Waals surface area contributed by atoms with Crippen molar-refractivity contribution in [3.8, 4) is 0 Å². The second-order valence-corrected chi connectivity index (χ2v) is 0. The number of rotatable bonds is 0. The molecule has 83 N–H and O–H groups in total. The SMILES string of the molecule is O.O.O.O.O.O.O.O.O.O.O.O.O.O.O.O.O.O.O.O.O.O.O.O.O.O.O.O.O.O.O.O.O.O.O.O.O.[OH3+].[OH3+].[OH3+].[W].[W].[W].[W].[W].[W].[W].[W].[W].[W].[W]. The largest absolute Gasteiger partial charge is 0.457 e. The fourth-order valence-electron chi connectivity index (χ4n) is 0. The quantitative estimate of drug-likeness (QED) is 0.204. The molecule has 0 aliphatic carbocycles. The molecule has 0 radical (unpaired) electrons. The van der Waals surface area contributed by atoms with Crippen LogP contribution < -0.4 is 0 Å². The first-order valence-corrected chi connectivity index (χ1v) is 0. The first-order valence-electron chi connectivity index (χ1n) is 0. The maximum Gasteiger partial charge on any atom is 0 e. The van der Waals surface area contributed by atoms with E-state index in [1.165, 1.54) is 0 Å². The Kier molecular flexibility index (Phi) is 466000. The molecule has 0 aromatic rings. The van der Waals surface area contributed by atoms with E-state index >= 15 is 0 Å². The zero-order chi connectivity index (χ0) is 0. The van der Waals surface area contributed by atoms with Crippen LogP contribution in [0.2, 0.25) is 0 Å². The van der Waals surface area contributed by atoms with Crippen LogP contribution in [0, 0.1) is 0 Å². The maximum atomic E-state index is 0. The minimum atomic E-state index is 0. The van der Waals surface area contributed by atoms with Gasteiger partial charge in [-0.3, -0.25) is 0 Å². The predicted octanol–water partition coefficient (Wildman–Crippen LogP) is -33.3. The summed E-state index contributed by atoms with van der Waals surface area (Å²) in [5.74, 6) is 0. The van der Waals surface area contributed by atoms with Crippen LogP contribution in [0.4, 0.5) is 0 Å². The molecule has 0 heterocycles. The Labute approximate surface area is 445 Å². The van der Waals surface area contributed by atoms with Gasteiger partial charge in [0.2, 0.25) is 0 Å². The molecule has 0 fully saturated rings. The molecule has 0 saturated heterocycles. The summed E-state index contributed by atoms with van der Waals surface area (Å²) in [7, 11) is 0. The van der Waals surface area contributed by atoms with Crippen molar-refractivity contribution >= 4 is 0 Å². The van der Waals surface area contributed by atoms with Gasteiger partial charge in [-0.25, -0.2) is 0 Å². The summed E-state index contributed by atoms with van der Waals surface area (Å²) in [6.07, 6.45) is 0. The van der Waals surface area contributed by atoms with E-state index < -0.39 is 0 Å². The molecule has 0 aliphatic rings. The van der Waals surface area contributed by atoms with Gasteiger partial charge in [0.25, 0.3) is 0 Å². The van der Waals surface area contributed by atoms with E-state index in [0.29, 0.717) is 0 Å². The molecular formula is H83O40W11+3. The summed E-state index contributed by atoms with van der Waals surface area (Å²) < 4.78 is 0. The van der Waals surface area contributed by atoms with E-state index in [0.717, 1.165) is 0 Å². The minimum Gasteiger partial charge on any atom is -0.457 e. The summed E-state index contributed by atoms with van der Waals surface area (Å²) in [5, 5.41) is 0. The van der Waals surface area contributed by atoms with Gasteiger partial charge >= 0.3 is 0 Å². The Morgan fingerprint density at radius 2 is 0.0588 bits per heavy atom. The van der Waals surface area contributed by atoms with Gasteiger partial charge in [0.1, 0.15) is 0 Å². The zero-order valence-corrected chi connectivity index (χ0v) is 57.0. The van der Waals surface area contributed by atoms with E-state index in [-0.39, 0.29) is 451 Å². The van der Waals surface area contributed by atoms with Crippen molar-refractivity contribution in [2.75, 3.05) is 0 Å². The van der Waals surface area contributed by atoms with Gasteiger partial charge in [-0.2, -0.15) is 0 Å². The second-order valence-electron chi connectivity index (χ2n) is 0. The third kappa shape index (κ3) is 4570. The van der Waals surface area contributed by atoms with Crippen molar-refractivity contribution in [3.63, 3.8) is 0 Å². The first-order chi connectivity index (χ1) is 0. The molecule has 0 aromatic heterocycles.